The van der Waals surface area contributed by atoms with Crippen LogP contribution in [0.15, 0.2) is 21.5 Å². The van der Waals surface area contributed by atoms with Gasteiger partial charge in [0.2, 0.25) is 0 Å². The maximum atomic E-state index is 8.67. The molecule has 1 heterocycles. The summed E-state index contributed by atoms with van der Waals surface area (Å²) in [6.45, 7) is 0. The Morgan fingerprint density at radius 3 is 2.85 bits per heavy atom. The first-order valence-corrected chi connectivity index (χ1v) is 5.37. The molecule has 0 aliphatic heterocycles. The van der Waals surface area contributed by atoms with E-state index >= 15 is 0 Å². The van der Waals surface area contributed by atoms with Crippen LogP contribution in [0.1, 0.15) is 4.88 Å². The lowest BCUT2D eigenvalue weighted by Crippen LogP contribution is -2.09. The molecular formula is C8H5BrN2S2. The van der Waals surface area contributed by atoms with Crippen molar-refractivity contribution in [1.29, 1.82) is 5.26 Å². The Morgan fingerprint density at radius 1 is 1.77 bits per heavy atom. The highest BCUT2D eigenvalue weighted by Crippen LogP contribution is 2.21. The molecular weight excluding hydrogens is 268 g/mol. The number of thiophene rings is 1. The van der Waals surface area contributed by atoms with Gasteiger partial charge in [-0.3, -0.25) is 0 Å². The van der Waals surface area contributed by atoms with Crippen molar-refractivity contribution in [1.82, 2.24) is 0 Å². The van der Waals surface area contributed by atoms with Gasteiger partial charge in [0.1, 0.15) is 11.1 Å². The Hall–Kier alpha value is -0.700. The Morgan fingerprint density at radius 2 is 2.46 bits per heavy atom. The van der Waals surface area contributed by atoms with E-state index in [-0.39, 0.29) is 4.99 Å². The average molecular weight is 273 g/mol. The highest BCUT2D eigenvalue weighted by Gasteiger charge is 2.00. The summed E-state index contributed by atoms with van der Waals surface area (Å²) in [5.41, 5.74) is 5.67. The first kappa shape index (κ1) is 10.4. The van der Waals surface area contributed by atoms with Gasteiger partial charge < -0.3 is 5.73 Å². The van der Waals surface area contributed by atoms with Crippen molar-refractivity contribution < 1.29 is 0 Å². The summed E-state index contributed by atoms with van der Waals surface area (Å²) in [5.74, 6) is 0. The summed E-state index contributed by atoms with van der Waals surface area (Å²) in [6.07, 6.45) is 1.68. The van der Waals surface area contributed by atoms with Gasteiger partial charge >= 0.3 is 0 Å². The third-order valence-electron chi connectivity index (χ3n) is 1.26. The number of halogens is 1. The number of nitrogens with zero attached hydrogens (tertiary/aromatic N) is 1. The van der Waals surface area contributed by atoms with Gasteiger partial charge in [0.05, 0.1) is 5.57 Å². The Kier molecular flexibility index (Phi) is 3.60. The molecule has 0 amide bonds. The standard InChI is InChI=1S/C8H5BrN2S2/c9-6-2-7(13-4-6)1-5(3-10)8(11)12/h1-2,4H,(H2,11,12)/b5-1+. The second-order valence-corrected chi connectivity index (χ2v) is 4.50. The van der Waals surface area contributed by atoms with E-state index in [2.05, 4.69) is 15.9 Å². The lowest BCUT2D eigenvalue weighted by molar-refractivity contribution is 1.52. The lowest BCUT2D eigenvalue weighted by Gasteiger charge is -1.91. The Labute approximate surface area is 93.8 Å². The smallest absolute Gasteiger partial charge is 0.114 e. The SMILES string of the molecule is N#C/C(=C\c1cc(Br)cs1)C(N)=S. The van der Waals surface area contributed by atoms with Gasteiger partial charge in [0.15, 0.2) is 0 Å². The fourth-order valence-electron chi connectivity index (χ4n) is 0.705. The second kappa shape index (κ2) is 4.51. The minimum atomic E-state index is 0.132. The highest BCUT2D eigenvalue weighted by atomic mass is 79.9. The van der Waals surface area contributed by atoms with Crippen molar-refractivity contribution in [2.75, 3.05) is 0 Å². The summed E-state index contributed by atoms with van der Waals surface area (Å²) >= 11 is 9.54. The molecule has 1 rings (SSSR count). The van der Waals surface area contributed by atoms with E-state index in [1.165, 1.54) is 11.3 Å². The first-order chi connectivity index (χ1) is 6.13. The molecule has 0 unspecified atom stereocenters. The molecule has 2 nitrogen and oxygen atoms in total. The normalized spacial score (nSPS) is 10.9. The van der Waals surface area contributed by atoms with Gasteiger partial charge in [-0.05, 0) is 28.1 Å². The summed E-state index contributed by atoms with van der Waals surface area (Å²) < 4.78 is 0.990. The lowest BCUT2D eigenvalue weighted by atomic mass is 10.2. The van der Waals surface area contributed by atoms with E-state index < -0.39 is 0 Å². The van der Waals surface area contributed by atoms with Gasteiger partial charge in [0.25, 0.3) is 0 Å². The van der Waals surface area contributed by atoms with Gasteiger partial charge in [0, 0.05) is 14.7 Å². The van der Waals surface area contributed by atoms with Crippen LogP contribution in [-0.2, 0) is 0 Å². The van der Waals surface area contributed by atoms with Crippen LogP contribution in [-0.4, -0.2) is 4.99 Å². The monoisotopic (exact) mass is 272 g/mol. The van der Waals surface area contributed by atoms with Crippen LogP contribution in [0, 0.1) is 11.3 Å². The summed E-state index contributed by atoms with van der Waals surface area (Å²) in [6, 6.07) is 3.85. The van der Waals surface area contributed by atoms with E-state index in [9.17, 15) is 0 Å². The quantitative estimate of drug-likeness (QED) is 0.512. The average Bonchev–Trinajstić information content (AvgIpc) is 2.46. The van der Waals surface area contributed by atoms with Gasteiger partial charge in [-0.2, -0.15) is 5.26 Å². The maximum absolute atomic E-state index is 8.67. The highest BCUT2D eigenvalue weighted by molar-refractivity contribution is 9.10. The predicted octanol–water partition coefficient (Wildman–Crippen LogP) is 2.70. The third kappa shape index (κ3) is 2.92. The molecule has 0 bridgehead atoms. The van der Waals surface area contributed by atoms with Crippen molar-refractivity contribution in [3.05, 3.63) is 26.4 Å². The first-order valence-electron chi connectivity index (χ1n) is 3.29. The summed E-state index contributed by atoms with van der Waals surface area (Å²) in [4.78, 5) is 1.09. The minimum Gasteiger partial charge on any atom is -0.389 e. The Bertz CT molecular complexity index is 401. The van der Waals surface area contributed by atoms with Crippen LogP contribution < -0.4 is 5.73 Å². The number of hydrogen-bond acceptors (Lipinski definition) is 3. The van der Waals surface area contributed by atoms with Crippen molar-refractivity contribution in [3.63, 3.8) is 0 Å². The molecule has 1 aromatic rings. The molecule has 0 saturated carbocycles. The van der Waals surface area contributed by atoms with Crippen LogP contribution in [0.5, 0.6) is 0 Å². The molecule has 0 aromatic carbocycles. The molecule has 66 valence electrons. The van der Waals surface area contributed by atoms with Gasteiger partial charge in [-0.1, -0.05) is 12.2 Å². The van der Waals surface area contributed by atoms with Gasteiger partial charge in [-0.15, -0.1) is 11.3 Å². The number of nitrogens with two attached hydrogens (primary N) is 1. The fraction of sp³-hybridized carbons (Fsp3) is 0. The summed E-state index contributed by atoms with van der Waals surface area (Å²) in [5, 5.41) is 10.6. The van der Waals surface area contributed by atoms with Crippen LogP contribution in [0.2, 0.25) is 0 Å². The molecule has 0 saturated heterocycles. The molecule has 2 N–H and O–H groups in total. The third-order valence-corrected chi connectivity index (χ3v) is 3.12. The molecule has 0 spiro atoms. The number of thiocarbonyl (C=S) groups is 1. The zero-order valence-electron chi connectivity index (χ0n) is 6.45. The number of hydrogen-bond donors (Lipinski definition) is 1. The van der Waals surface area contributed by atoms with Crippen molar-refractivity contribution in [2.24, 2.45) is 5.73 Å². The van der Waals surface area contributed by atoms with E-state index in [1.54, 1.807) is 6.08 Å². The zero-order valence-corrected chi connectivity index (χ0v) is 9.67. The van der Waals surface area contributed by atoms with Crippen LogP contribution >= 0.6 is 39.5 Å². The van der Waals surface area contributed by atoms with E-state index in [0.29, 0.717) is 5.57 Å². The molecule has 0 aliphatic rings. The fourth-order valence-corrected chi connectivity index (χ4v) is 2.19. The van der Waals surface area contributed by atoms with Crippen LogP contribution in [0.4, 0.5) is 0 Å². The van der Waals surface area contributed by atoms with E-state index in [1.807, 2.05) is 17.5 Å². The van der Waals surface area contributed by atoms with Crippen molar-refractivity contribution in [3.8, 4) is 6.07 Å². The molecule has 5 heteroatoms. The van der Waals surface area contributed by atoms with Gasteiger partial charge in [-0.25, -0.2) is 0 Å². The van der Waals surface area contributed by atoms with E-state index in [0.717, 1.165) is 9.35 Å². The largest absolute Gasteiger partial charge is 0.389 e. The van der Waals surface area contributed by atoms with Crippen molar-refractivity contribution in [2.45, 2.75) is 0 Å². The van der Waals surface area contributed by atoms with Crippen LogP contribution in [0.25, 0.3) is 6.08 Å². The Balaban J connectivity index is 3.00. The number of nitriles is 1. The zero-order chi connectivity index (χ0) is 9.84. The predicted molar refractivity (Wildman–Crippen MR) is 62.4 cm³/mol. The molecule has 0 atom stereocenters. The number of rotatable bonds is 2. The molecule has 0 aliphatic carbocycles. The maximum Gasteiger partial charge on any atom is 0.114 e. The second-order valence-electron chi connectivity index (χ2n) is 2.20. The minimum absolute atomic E-state index is 0.132. The molecule has 13 heavy (non-hydrogen) atoms. The van der Waals surface area contributed by atoms with E-state index in [4.69, 9.17) is 23.2 Å². The van der Waals surface area contributed by atoms with Crippen LogP contribution in [0.3, 0.4) is 0 Å². The molecule has 1 aromatic heterocycles. The summed E-state index contributed by atoms with van der Waals surface area (Å²) in [7, 11) is 0. The van der Waals surface area contributed by atoms with Crippen molar-refractivity contribution >= 4 is 50.5 Å². The molecule has 0 radical (unpaired) electrons. The molecule has 0 fully saturated rings. The topological polar surface area (TPSA) is 49.8 Å².